The maximum absolute atomic E-state index is 11.4. The smallest absolute Gasteiger partial charge is 0.265 e. The molecule has 0 aliphatic carbocycles. The van der Waals surface area contributed by atoms with Crippen molar-refractivity contribution in [2.75, 3.05) is 0 Å². The van der Waals surface area contributed by atoms with E-state index in [0.29, 0.717) is 11.1 Å². The number of hydrazine groups is 2. The number of benzene rings is 2. The molecule has 0 aromatic heterocycles. The minimum Gasteiger partial charge on any atom is -0.290 e. The largest absolute Gasteiger partial charge is 0.290 e. The molecular weight excluding hydrogens is 292 g/mol. The van der Waals surface area contributed by atoms with E-state index in [9.17, 15) is 9.59 Å². The number of hydrogen-bond acceptors (Lipinski definition) is 4. The monoisotopic (exact) mass is 314 g/mol. The van der Waals surface area contributed by atoms with E-state index < -0.39 is 0 Å². The van der Waals surface area contributed by atoms with Crippen molar-refractivity contribution in [2.45, 2.75) is 19.9 Å². The fraction of sp³-hybridized carbons (Fsp3) is 0.176. The predicted octanol–water partition coefficient (Wildman–Crippen LogP) is 1.62. The molecule has 5 N–H and O–H groups in total. The van der Waals surface area contributed by atoms with Crippen molar-refractivity contribution in [3.63, 3.8) is 0 Å². The summed E-state index contributed by atoms with van der Waals surface area (Å²) in [5, 5.41) is 0. The third-order valence-corrected chi connectivity index (χ3v) is 2.68. The quantitative estimate of drug-likeness (QED) is 0.392. The summed E-state index contributed by atoms with van der Waals surface area (Å²) in [6.07, 6.45) is 0. The molecule has 6 heteroatoms. The van der Waals surface area contributed by atoms with Gasteiger partial charge in [0.1, 0.15) is 0 Å². The van der Waals surface area contributed by atoms with Crippen LogP contribution in [-0.2, 0) is 0 Å². The van der Waals surface area contributed by atoms with Gasteiger partial charge in [-0.3, -0.25) is 20.4 Å². The van der Waals surface area contributed by atoms with Gasteiger partial charge in [0, 0.05) is 17.2 Å². The van der Waals surface area contributed by atoms with Gasteiger partial charge in [-0.1, -0.05) is 36.4 Å². The molecule has 2 aromatic carbocycles. The fourth-order valence-electron chi connectivity index (χ4n) is 1.54. The van der Waals surface area contributed by atoms with Crippen molar-refractivity contribution >= 4 is 11.8 Å². The molecule has 0 heterocycles. The molecular formula is C17H22N4O2. The van der Waals surface area contributed by atoms with E-state index in [1.807, 2.05) is 43.5 Å². The molecule has 0 aliphatic heterocycles. The summed E-state index contributed by atoms with van der Waals surface area (Å²) in [4.78, 5) is 22.2. The summed E-state index contributed by atoms with van der Waals surface area (Å²) < 4.78 is 0. The van der Waals surface area contributed by atoms with Gasteiger partial charge in [-0.25, -0.2) is 11.3 Å². The van der Waals surface area contributed by atoms with Crippen LogP contribution >= 0.6 is 0 Å². The zero-order valence-corrected chi connectivity index (χ0v) is 13.2. The third kappa shape index (κ3) is 7.21. The number of carbonyl (C=O) groups is 2. The van der Waals surface area contributed by atoms with E-state index in [0.717, 1.165) is 0 Å². The van der Waals surface area contributed by atoms with Crippen LogP contribution in [0.2, 0.25) is 0 Å². The Kier molecular flexibility index (Phi) is 8.06. The third-order valence-electron chi connectivity index (χ3n) is 2.68. The SMILES string of the molecule is CC(C)NNC(=O)c1ccccc1.NNC(=O)c1ccccc1. The first-order chi connectivity index (χ1) is 11.0. The number of amides is 2. The van der Waals surface area contributed by atoms with Gasteiger partial charge in [0.15, 0.2) is 0 Å². The highest BCUT2D eigenvalue weighted by Crippen LogP contribution is 1.97. The molecule has 0 atom stereocenters. The highest BCUT2D eigenvalue weighted by atomic mass is 16.2. The van der Waals surface area contributed by atoms with E-state index in [-0.39, 0.29) is 17.9 Å². The molecule has 0 fully saturated rings. The number of carbonyl (C=O) groups excluding carboxylic acids is 2. The van der Waals surface area contributed by atoms with Gasteiger partial charge in [-0.2, -0.15) is 0 Å². The Bertz CT molecular complexity index is 601. The Balaban J connectivity index is 0.000000238. The molecule has 2 amide bonds. The normalized spacial score (nSPS) is 9.57. The van der Waals surface area contributed by atoms with Gasteiger partial charge >= 0.3 is 0 Å². The van der Waals surface area contributed by atoms with Gasteiger partial charge in [0.05, 0.1) is 0 Å². The fourth-order valence-corrected chi connectivity index (χ4v) is 1.54. The van der Waals surface area contributed by atoms with Crippen LogP contribution in [0.3, 0.4) is 0 Å². The Morgan fingerprint density at radius 2 is 1.26 bits per heavy atom. The summed E-state index contributed by atoms with van der Waals surface area (Å²) in [5.74, 6) is 4.54. The minimum absolute atomic E-state index is 0.102. The second-order valence-corrected chi connectivity index (χ2v) is 4.96. The average Bonchev–Trinajstić information content (AvgIpc) is 2.61. The number of nitrogens with one attached hydrogen (secondary N) is 3. The Hall–Kier alpha value is -2.70. The van der Waals surface area contributed by atoms with Gasteiger partial charge in [0.2, 0.25) is 0 Å². The van der Waals surface area contributed by atoms with Crippen LogP contribution in [0.4, 0.5) is 0 Å². The second kappa shape index (κ2) is 10.1. The van der Waals surface area contributed by atoms with Crippen molar-refractivity contribution in [3.8, 4) is 0 Å². The topological polar surface area (TPSA) is 96.2 Å². The first-order valence-electron chi connectivity index (χ1n) is 7.21. The van der Waals surface area contributed by atoms with Crippen molar-refractivity contribution in [3.05, 3.63) is 71.8 Å². The molecule has 6 nitrogen and oxygen atoms in total. The molecule has 0 radical (unpaired) electrons. The Morgan fingerprint density at radius 1 is 0.826 bits per heavy atom. The van der Waals surface area contributed by atoms with E-state index in [2.05, 4.69) is 10.9 Å². The number of nitrogen functional groups attached to an aromatic ring is 1. The molecule has 0 bridgehead atoms. The second-order valence-electron chi connectivity index (χ2n) is 4.96. The maximum atomic E-state index is 11.4. The van der Waals surface area contributed by atoms with Crippen LogP contribution in [0.15, 0.2) is 60.7 Å². The standard InChI is InChI=1S/C10H14N2O.C7H8N2O/c1-8(2)11-12-10(13)9-6-4-3-5-7-9;8-9-7(10)6-4-2-1-3-5-6/h3-8,11H,1-2H3,(H,12,13);1-5H,8H2,(H,9,10). The molecule has 2 aromatic rings. The van der Waals surface area contributed by atoms with Gasteiger partial charge in [-0.05, 0) is 38.1 Å². The molecule has 122 valence electrons. The lowest BCUT2D eigenvalue weighted by Gasteiger charge is -2.09. The summed E-state index contributed by atoms with van der Waals surface area (Å²) in [6, 6.07) is 18.1. The van der Waals surface area contributed by atoms with Crippen molar-refractivity contribution in [1.82, 2.24) is 16.3 Å². The lowest BCUT2D eigenvalue weighted by Crippen LogP contribution is -2.41. The lowest BCUT2D eigenvalue weighted by molar-refractivity contribution is 0.0925. The maximum Gasteiger partial charge on any atom is 0.265 e. The number of nitrogens with two attached hydrogens (primary N) is 1. The van der Waals surface area contributed by atoms with Crippen LogP contribution in [0.25, 0.3) is 0 Å². The van der Waals surface area contributed by atoms with Crippen LogP contribution < -0.4 is 22.1 Å². The number of rotatable bonds is 4. The van der Waals surface area contributed by atoms with Crippen LogP contribution in [0.5, 0.6) is 0 Å². The minimum atomic E-state index is -0.263. The lowest BCUT2D eigenvalue weighted by atomic mass is 10.2. The Morgan fingerprint density at radius 3 is 1.65 bits per heavy atom. The summed E-state index contributed by atoms with van der Waals surface area (Å²) >= 11 is 0. The van der Waals surface area contributed by atoms with Crippen molar-refractivity contribution in [1.29, 1.82) is 0 Å². The van der Waals surface area contributed by atoms with Crippen LogP contribution in [-0.4, -0.2) is 17.9 Å². The first-order valence-corrected chi connectivity index (χ1v) is 7.21. The zero-order valence-electron chi connectivity index (χ0n) is 13.2. The molecule has 0 saturated carbocycles. The summed E-state index contributed by atoms with van der Waals surface area (Å²) in [5.41, 5.74) is 8.73. The van der Waals surface area contributed by atoms with Crippen molar-refractivity contribution in [2.24, 2.45) is 5.84 Å². The van der Waals surface area contributed by atoms with Crippen LogP contribution in [0, 0.1) is 0 Å². The van der Waals surface area contributed by atoms with Crippen LogP contribution in [0.1, 0.15) is 34.6 Å². The van der Waals surface area contributed by atoms with E-state index in [1.165, 1.54) is 0 Å². The average molecular weight is 314 g/mol. The highest BCUT2D eigenvalue weighted by Gasteiger charge is 2.03. The van der Waals surface area contributed by atoms with Gasteiger partial charge in [-0.15, -0.1) is 0 Å². The number of hydrogen-bond donors (Lipinski definition) is 4. The molecule has 0 unspecified atom stereocenters. The molecule has 23 heavy (non-hydrogen) atoms. The predicted molar refractivity (Wildman–Crippen MR) is 90.3 cm³/mol. The summed E-state index contributed by atoms with van der Waals surface area (Å²) in [6.45, 7) is 3.93. The van der Waals surface area contributed by atoms with E-state index >= 15 is 0 Å². The van der Waals surface area contributed by atoms with Gasteiger partial charge < -0.3 is 0 Å². The Labute approximate surface area is 136 Å². The zero-order chi connectivity index (χ0) is 17.1. The first kappa shape index (κ1) is 18.3. The molecule has 0 spiro atoms. The van der Waals surface area contributed by atoms with E-state index in [4.69, 9.17) is 5.84 Å². The molecule has 2 rings (SSSR count). The summed E-state index contributed by atoms with van der Waals surface area (Å²) in [7, 11) is 0. The highest BCUT2D eigenvalue weighted by molar-refractivity contribution is 5.94. The molecule has 0 aliphatic rings. The van der Waals surface area contributed by atoms with E-state index in [1.54, 1.807) is 36.4 Å². The van der Waals surface area contributed by atoms with Crippen molar-refractivity contribution < 1.29 is 9.59 Å². The molecule has 0 saturated heterocycles. The van der Waals surface area contributed by atoms with Gasteiger partial charge in [0.25, 0.3) is 11.8 Å².